The van der Waals surface area contributed by atoms with Crippen molar-refractivity contribution in [3.63, 3.8) is 0 Å². The van der Waals surface area contributed by atoms with Crippen LogP contribution in [0.25, 0.3) is 6.08 Å². The van der Waals surface area contributed by atoms with E-state index in [0.29, 0.717) is 11.1 Å². The van der Waals surface area contributed by atoms with Crippen molar-refractivity contribution in [2.45, 2.75) is 19.3 Å². The van der Waals surface area contributed by atoms with Crippen LogP contribution in [0.15, 0.2) is 58.6 Å². The second-order valence-electron chi connectivity index (χ2n) is 5.48. The summed E-state index contributed by atoms with van der Waals surface area (Å²) >= 11 is 3.35. The van der Waals surface area contributed by atoms with Gasteiger partial charge in [0.15, 0.2) is 5.78 Å². The zero-order valence-corrected chi connectivity index (χ0v) is 15.1. The highest BCUT2D eigenvalue weighted by molar-refractivity contribution is 9.10. The van der Waals surface area contributed by atoms with E-state index in [0.717, 1.165) is 10.0 Å². The number of hydrogen-bond donors (Lipinski definition) is 0. The van der Waals surface area contributed by atoms with Crippen LogP contribution in [0.5, 0.6) is 0 Å². The Hall–Kier alpha value is -2.78. The summed E-state index contributed by atoms with van der Waals surface area (Å²) < 4.78 is 0.920. The molecular weight excluding hydrogens is 384 g/mol. The molecule has 2 aromatic rings. The monoisotopic (exact) mass is 398 g/mol. The molecule has 0 N–H and O–H groups in total. The van der Waals surface area contributed by atoms with E-state index in [2.05, 4.69) is 22.0 Å². The van der Waals surface area contributed by atoms with Gasteiger partial charge >= 0.3 is 0 Å². The number of nitro benzene ring substituents is 1. The Morgan fingerprint density at radius 1 is 1.28 bits per heavy atom. The fourth-order valence-corrected chi connectivity index (χ4v) is 2.72. The van der Waals surface area contributed by atoms with Gasteiger partial charge in [-0.3, -0.25) is 14.9 Å². The Morgan fingerprint density at radius 2 is 1.92 bits per heavy atom. The molecule has 1 unspecified atom stereocenters. The van der Waals surface area contributed by atoms with Crippen molar-refractivity contribution < 1.29 is 9.72 Å². The number of nitriles is 1. The number of benzene rings is 2. The smallest absolute Gasteiger partial charge is 0.273 e. The van der Waals surface area contributed by atoms with Crippen LogP contribution in [0.3, 0.4) is 0 Å². The van der Waals surface area contributed by atoms with E-state index in [-0.39, 0.29) is 17.9 Å². The van der Waals surface area contributed by atoms with Gasteiger partial charge in [-0.05, 0) is 42.7 Å². The molecule has 0 heterocycles. The van der Waals surface area contributed by atoms with E-state index in [1.54, 1.807) is 24.3 Å². The molecule has 2 aromatic carbocycles. The number of carbonyl (C=O) groups excluding carboxylic acids is 1. The number of halogens is 1. The van der Waals surface area contributed by atoms with Crippen molar-refractivity contribution in [3.8, 4) is 6.07 Å². The normalized spacial score (nSPS) is 12.3. The molecule has 126 valence electrons. The van der Waals surface area contributed by atoms with Gasteiger partial charge < -0.3 is 0 Å². The molecule has 6 heteroatoms. The number of allylic oxidation sites excluding steroid dienone is 1. The number of rotatable bonds is 6. The fourth-order valence-electron chi connectivity index (χ4n) is 2.46. The lowest BCUT2D eigenvalue weighted by Gasteiger charge is -2.11. The van der Waals surface area contributed by atoms with Crippen LogP contribution in [0.1, 0.15) is 30.4 Å². The minimum Gasteiger partial charge on any atom is -0.295 e. The summed E-state index contributed by atoms with van der Waals surface area (Å²) in [5.41, 5.74) is 1.48. The third-order valence-corrected chi connectivity index (χ3v) is 4.28. The zero-order chi connectivity index (χ0) is 18.4. The fraction of sp³-hybridized carbons (Fsp3) is 0.158. The summed E-state index contributed by atoms with van der Waals surface area (Å²) in [6.45, 7) is 1.43. The Balaban J connectivity index is 2.38. The highest BCUT2D eigenvalue weighted by atomic mass is 79.9. The summed E-state index contributed by atoms with van der Waals surface area (Å²) in [4.78, 5) is 22.7. The minimum atomic E-state index is -0.771. The second-order valence-corrected chi connectivity index (χ2v) is 6.39. The second kappa shape index (κ2) is 8.36. The first-order chi connectivity index (χ1) is 11.9. The largest absolute Gasteiger partial charge is 0.295 e. The topological polar surface area (TPSA) is 84.0 Å². The van der Waals surface area contributed by atoms with Crippen molar-refractivity contribution in [1.82, 2.24) is 0 Å². The summed E-state index contributed by atoms with van der Waals surface area (Å²) in [5, 5.41) is 20.7. The van der Waals surface area contributed by atoms with Crippen molar-refractivity contribution in [2.24, 2.45) is 0 Å². The maximum atomic E-state index is 12.0. The molecular formula is C19H15BrN2O3. The van der Waals surface area contributed by atoms with E-state index < -0.39 is 10.8 Å². The van der Waals surface area contributed by atoms with Gasteiger partial charge in [0.05, 0.1) is 16.9 Å². The van der Waals surface area contributed by atoms with Crippen LogP contribution in [-0.4, -0.2) is 10.7 Å². The molecule has 0 aliphatic carbocycles. The number of Topliss-reactive ketones (excluding diaryl/α,β-unsaturated/α-hetero) is 1. The van der Waals surface area contributed by atoms with Gasteiger partial charge in [0, 0.05) is 16.1 Å². The van der Waals surface area contributed by atoms with Gasteiger partial charge in [-0.15, -0.1) is 0 Å². The summed E-state index contributed by atoms with van der Waals surface area (Å²) in [6, 6.07) is 15.6. The van der Waals surface area contributed by atoms with Crippen molar-refractivity contribution >= 4 is 33.5 Å². The Kier molecular flexibility index (Phi) is 6.20. The Morgan fingerprint density at radius 3 is 2.48 bits per heavy atom. The van der Waals surface area contributed by atoms with E-state index >= 15 is 0 Å². The van der Waals surface area contributed by atoms with Crippen LogP contribution < -0.4 is 0 Å². The summed E-state index contributed by atoms with van der Waals surface area (Å²) in [7, 11) is 0. The van der Waals surface area contributed by atoms with Crippen LogP contribution in [0.4, 0.5) is 5.69 Å². The Bertz CT molecular complexity index is 867. The lowest BCUT2D eigenvalue weighted by atomic mass is 9.90. The Labute approximate surface area is 153 Å². The third-order valence-electron chi connectivity index (χ3n) is 3.75. The first-order valence-corrected chi connectivity index (χ1v) is 8.31. The number of nitro groups is 1. The molecule has 0 aliphatic heterocycles. The van der Waals surface area contributed by atoms with Crippen LogP contribution in [-0.2, 0) is 4.79 Å². The summed E-state index contributed by atoms with van der Waals surface area (Å²) in [5.74, 6) is -0.936. The highest BCUT2D eigenvalue weighted by Gasteiger charge is 2.23. The number of para-hydroxylation sites is 1. The van der Waals surface area contributed by atoms with Crippen molar-refractivity contribution in [1.29, 1.82) is 5.26 Å². The van der Waals surface area contributed by atoms with E-state index in [9.17, 15) is 20.2 Å². The lowest BCUT2D eigenvalue weighted by Crippen LogP contribution is -2.06. The SMILES string of the molecule is CC(=O)/C(=C/c1ccc(Br)cc1)CC(C#N)c1ccccc1[N+](=O)[O-]. The maximum Gasteiger partial charge on any atom is 0.273 e. The van der Waals surface area contributed by atoms with Gasteiger partial charge in [-0.2, -0.15) is 5.26 Å². The molecule has 0 saturated carbocycles. The quantitative estimate of drug-likeness (QED) is 0.388. The molecule has 1 atom stereocenters. The minimum absolute atomic E-state index is 0.111. The van der Waals surface area contributed by atoms with E-state index in [4.69, 9.17) is 0 Å². The van der Waals surface area contributed by atoms with Gasteiger partial charge in [-0.25, -0.2) is 0 Å². The molecule has 0 bridgehead atoms. The molecule has 0 fully saturated rings. The molecule has 0 saturated heterocycles. The first kappa shape index (κ1) is 18.6. The molecule has 2 rings (SSSR count). The predicted octanol–water partition coefficient (Wildman–Crippen LogP) is 5.03. The number of ketones is 1. The van der Waals surface area contributed by atoms with Crippen molar-refractivity contribution in [2.75, 3.05) is 0 Å². The predicted molar refractivity (Wildman–Crippen MR) is 98.9 cm³/mol. The van der Waals surface area contributed by atoms with E-state index in [1.807, 2.05) is 24.3 Å². The molecule has 5 nitrogen and oxygen atoms in total. The highest BCUT2D eigenvalue weighted by Crippen LogP contribution is 2.31. The van der Waals surface area contributed by atoms with Gasteiger partial charge in [-0.1, -0.05) is 46.3 Å². The maximum absolute atomic E-state index is 12.0. The van der Waals surface area contributed by atoms with Crippen LogP contribution in [0.2, 0.25) is 0 Å². The van der Waals surface area contributed by atoms with E-state index in [1.165, 1.54) is 13.0 Å². The molecule has 0 aromatic heterocycles. The number of carbonyl (C=O) groups is 1. The van der Waals surface area contributed by atoms with Crippen LogP contribution in [0, 0.1) is 21.4 Å². The van der Waals surface area contributed by atoms with Crippen molar-refractivity contribution in [3.05, 3.63) is 79.8 Å². The molecule has 0 spiro atoms. The molecule has 0 aliphatic rings. The third kappa shape index (κ3) is 4.85. The zero-order valence-electron chi connectivity index (χ0n) is 13.5. The van der Waals surface area contributed by atoms with Gasteiger partial charge in [0.1, 0.15) is 0 Å². The average Bonchev–Trinajstić information content (AvgIpc) is 2.60. The summed E-state index contributed by atoms with van der Waals surface area (Å²) in [6.07, 6.45) is 1.83. The number of nitrogens with zero attached hydrogens (tertiary/aromatic N) is 2. The standard InChI is InChI=1S/C19H15BrN2O3/c1-13(23)15(10-14-6-8-17(20)9-7-14)11-16(12-21)18-4-2-3-5-19(18)22(24)25/h2-10,16H,11H2,1H3/b15-10+. The van der Waals surface area contributed by atoms with Crippen LogP contribution >= 0.6 is 15.9 Å². The first-order valence-electron chi connectivity index (χ1n) is 7.52. The lowest BCUT2D eigenvalue weighted by molar-refractivity contribution is -0.385. The number of hydrogen-bond acceptors (Lipinski definition) is 4. The molecule has 25 heavy (non-hydrogen) atoms. The molecule has 0 radical (unpaired) electrons. The van der Waals surface area contributed by atoms with Gasteiger partial charge in [0.25, 0.3) is 5.69 Å². The average molecular weight is 399 g/mol. The van der Waals surface area contributed by atoms with Gasteiger partial charge in [0.2, 0.25) is 0 Å². The molecule has 0 amide bonds.